The van der Waals surface area contributed by atoms with Crippen molar-refractivity contribution < 1.29 is 9.18 Å². The number of benzene rings is 1. The summed E-state index contributed by atoms with van der Waals surface area (Å²) in [5.74, 6) is -0.896. The van der Waals surface area contributed by atoms with Gasteiger partial charge in [0.15, 0.2) is 0 Å². The number of halogens is 2. The molecule has 122 valence electrons. The van der Waals surface area contributed by atoms with Crippen LogP contribution in [-0.2, 0) is 13.1 Å². The van der Waals surface area contributed by atoms with Crippen molar-refractivity contribution in [1.82, 2.24) is 9.88 Å². The molecule has 0 spiro atoms. The fourth-order valence-corrected chi connectivity index (χ4v) is 2.61. The van der Waals surface area contributed by atoms with Crippen molar-refractivity contribution in [2.24, 2.45) is 5.73 Å². The minimum absolute atomic E-state index is 0.261. The highest BCUT2D eigenvalue weighted by Gasteiger charge is 2.11. The van der Waals surface area contributed by atoms with Crippen LogP contribution in [0.5, 0.6) is 0 Å². The van der Waals surface area contributed by atoms with Crippen molar-refractivity contribution in [3.8, 4) is 0 Å². The maximum Gasteiger partial charge on any atom is 0.248 e. The van der Waals surface area contributed by atoms with Gasteiger partial charge in [0.2, 0.25) is 5.91 Å². The van der Waals surface area contributed by atoms with Crippen molar-refractivity contribution >= 4 is 27.5 Å². The molecule has 5 nitrogen and oxygen atoms in total. The van der Waals surface area contributed by atoms with Gasteiger partial charge in [-0.25, -0.2) is 4.39 Å². The van der Waals surface area contributed by atoms with Crippen LogP contribution >= 0.6 is 15.9 Å². The Kier molecular flexibility index (Phi) is 5.68. The monoisotopic (exact) mass is 380 g/mol. The summed E-state index contributed by atoms with van der Waals surface area (Å²) in [6.45, 7) is 0.943. The van der Waals surface area contributed by atoms with Crippen molar-refractivity contribution in [3.05, 3.63) is 57.6 Å². The molecule has 1 aromatic carbocycles. The fraction of sp³-hybridized carbons (Fsp3) is 0.250. The van der Waals surface area contributed by atoms with Gasteiger partial charge in [0.05, 0.1) is 6.20 Å². The van der Waals surface area contributed by atoms with Crippen LogP contribution in [0.25, 0.3) is 0 Å². The van der Waals surface area contributed by atoms with E-state index in [0.717, 1.165) is 11.3 Å². The van der Waals surface area contributed by atoms with Gasteiger partial charge in [0.1, 0.15) is 5.82 Å². The van der Waals surface area contributed by atoms with Crippen LogP contribution in [0.1, 0.15) is 21.5 Å². The first kappa shape index (κ1) is 17.4. The Balaban J connectivity index is 2.29. The normalized spacial score (nSPS) is 10.8. The lowest BCUT2D eigenvalue weighted by molar-refractivity contribution is 0.100. The maximum atomic E-state index is 13.9. The molecule has 3 N–H and O–H groups in total. The quantitative estimate of drug-likeness (QED) is 0.807. The van der Waals surface area contributed by atoms with Gasteiger partial charge in [-0.2, -0.15) is 0 Å². The van der Waals surface area contributed by atoms with Gasteiger partial charge in [-0.1, -0.05) is 6.07 Å². The van der Waals surface area contributed by atoms with E-state index in [9.17, 15) is 9.18 Å². The number of nitrogens with two attached hydrogens (primary N) is 1. The standard InChI is InChI=1S/C16H18BrFN4O/c1-22(2)9-11-4-3-10(16(19)23)5-15(11)21-6-12-13(17)7-20-8-14(12)18/h3-5,7-8,21H,6,9H2,1-2H3,(H2,19,23). The molecule has 23 heavy (non-hydrogen) atoms. The molecule has 2 rings (SSSR count). The summed E-state index contributed by atoms with van der Waals surface area (Å²) in [7, 11) is 3.90. The Hall–Kier alpha value is -1.99. The zero-order valence-corrected chi connectivity index (χ0v) is 14.5. The van der Waals surface area contributed by atoms with Gasteiger partial charge in [0, 0.05) is 40.6 Å². The van der Waals surface area contributed by atoms with Gasteiger partial charge in [0.25, 0.3) is 0 Å². The third-order valence-corrected chi connectivity index (χ3v) is 3.97. The zero-order valence-electron chi connectivity index (χ0n) is 12.9. The average molecular weight is 381 g/mol. The minimum atomic E-state index is -0.499. The molecule has 7 heteroatoms. The number of carbonyl (C=O) groups is 1. The number of carbonyl (C=O) groups excluding carboxylic acids is 1. The van der Waals surface area contributed by atoms with E-state index < -0.39 is 11.7 Å². The van der Waals surface area contributed by atoms with Gasteiger partial charge >= 0.3 is 0 Å². The number of anilines is 1. The summed E-state index contributed by atoms with van der Waals surface area (Å²) < 4.78 is 14.4. The van der Waals surface area contributed by atoms with Gasteiger partial charge < -0.3 is 16.0 Å². The van der Waals surface area contributed by atoms with Crippen molar-refractivity contribution in [2.45, 2.75) is 13.1 Å². The first-order valence-corrected chi connectivity index (χ1v) is 7.77. The number of pyridine rings is 1. The summed E-state index contributed by atoms with van der Waals surface area (Å²) >= 11 is 3.29. The molecule has 0 radical (unpaired) electrons. The first-order valence-electron chi connectivity index (χ1n) is 6.97. The molecule has 0 aliphatic heterocycles. The van der Waals surface area contributed by atoms with E-state index in [4.69, 9.17) is 5.73 Å². The SMILES string of the molecule is CN(C)Cc1ccc(C(N)=O)cc1NCc1c(F)cncc1Br. The molecule has 1 amide bonds. The maximum absolute atomic E-state index is 13.9. The molecule has 0 atom stereocenters. The molecule has 2 aromatic rings. The molecule has 1 heterocycles. The van der Waals surface area contributed by atoms with Crippen LogP contribution in [0.3, 0.4) is 0 Å². The lowest BCUT2D eigenvalue weighted by Gasteiger charge is -2.17. The molecule has 0 bridgehead atoms. The number of amides is 1. The summed E-state index contributed by atoms with van der Waals surface area (Å²) in [5, 5.41) is 3.18. The number of rotatable bonds is 6. The van der Waals surface area contributed by atoms with Crippen LogP contribution in [0.2, 0.25) is 0 Å². The number of nitrogens with zero attached hydrogens (tertiary/aromatic N) is 2. The smallest absolute Gasteiger partial charge is 0.248 e. The number of hydrogen-bond donors (Lipinski definition) is 2. The molecule has 0 saturated carbocycles. The Labute approximate surface area is 142 Å². The number of aromatic nitrogens is 1. The van der Waals surface area contributed by atoms with Crippen LogP contribution < -0.4 is 11.1 Å². The number of primary amides is 1. The Morgan fingerprint density at radius 1 is 1.39 bits per heavy atom. The van der Waals surface area contributed by atoms with E-state index in [1.807, 2.05) is 25.1 Å². The Bertz CT molecular complexity index is 701. The van der Waals surface area contributed by atoms with Crippen molar-refractivity contribution in [3.63, 3.8) is 0 Å². The van der Waals surface area contributed by atoms with E-state index in [0.29, 0.717) is 22.1 Å². The Morgan fingerprint density at radius 3 is 2.74 bits per heavy atom. The molecule has 0 aliphatic carbocycles. The molecular formula is C16H18BrFN4O. The van der Waals surface area contributed by atoms with Crippen molar-refractivity contribution in [1.29, 1.82) is 0 Å². The molecule has 0 aliphatic rings. The zero-order chi connectivity index (χ0) is 17.0. The van der Waals surface area contributed by atoms with Crippen LogP contribution in [-0.4, -0.2) is 29.9 Å². The number of nitrogens with one attached hydrogen (secondary N) is 1. The highest BCUT2D eigenvalue weighted by Crippen LogP contribution is 2.23. The lowest BCUT2D eigenvalue weighted by atomic mass is 10.1. The minimum Gasteiger partial charge on any atom is -0.381 e. The van der Waals surface area contributed by atoms with Crippen LogP contribution in [0.4, 0.5) is 10.1 Å². The molecule has 0 saturated heterocycles. The topological polar surface area (TPSA) is 71.2 Å². The lowest BCUT2D eigenvalue weighted by Crippen LogP contribution is -2.16. The van der Waals surface area contributed by atoms with E-state index in [1.165, 1.54) is 6.20 Å². The fourth-order valence-electron chi connectivity index (χ4n) is 2.16. The summed E-state index contributed by atoms with van der Waals surface area (Å²) in [5.41, 5.74) is 7.96. The molecule has 0 fully saturated rings. The van der Waals surface area contributed by atoms with E-state index >= 15 is 0 Å². The van der Waals surface area contributed by atoms with Crippen molar-refractivity contribution in [2.75, 3.05) is 19.4 Å². The van der Waals surface area contributed by atoms with Crippen LogP contribution in [0.15, 0.2) is 35.1 Å². The van der Waals surface area contributed by atoms with Gasteiger partial charge in [-0.3, -0.25) is 9.78 Å². The van der Waals surface area contributed by atoms with E-state index in [-0.39, 0.29) is 6.54 Å². The average Bonchev–Trinajstić information content (AvgIpc) is 2.47. The second-order valence-corrected chi connectivity index (χ2v) is 6.26. The summed E-state index contributed by atoms with van der Waals surface area (Å²) in [6.07, 6.45) is 2.71. The van der Waals surface area contributed by atoms with Gasteiger partial charge in [-0.05, 0) is 47.7 Å². The molecule has 0 unspecified atom stereocenters. The third kappa shape index (κ3) is 4.49. The van der Waals surface area contributed by atoms with E-state index in [2.05, 4.69) is 26.2 Å². The highest BCUT2D eigenvalue weighted by molar-refractivity contribution is 9.10. The predicted octanol–water partition coefficient (Wildman–Crippen LogP) is 2.76. The second-order valence-electron chi connectivity index (χ2n) is 5.41. The molecular weight excluding hydrogens is 363 g/mol. The molecule has 1 aromatic heterocycles. The number of hydrogen-bond acceptors (Lipinski definition) is 4. The van der Waals surface area contributed by atoms with E-state index in [1.54, 1.807) is 18.3 Å². The largest absolute Gasteiger partial charge is 0.381 e. The Morgan fingerprint density at radius 2 is 2.13 bits per heavy atom. The predicted molar refractivity (Wildman–Crippen MR) is 91.6 cm³/mol. The summed E-state index contributed by atoms with van der Waals surface area (Å²) in [4.78, 5) is 17.2. The van der Waals surface area contributed by atoms with Gasteiger partial charge in [-0.15, -0.1) is 0 Å². The van der Waals surface area contributed by atoms with Crippen LogP contribution in [0, 0.1) is 5.82 Å². The first-order chi connectivity index (χ1) is 10.9. The summed E-state index contributed by atoms with van der Waals surface area (Å²) in [6, 6.07) is 5.23. The second kappa shape index (κ2) is 7.52. The third-order valence-electron chi connectivity index (χ3n) is 3.29. The highest BCUT2D eigenvalue weighted by atomic mass is 79.9.